The summed E-state index contributed by atoms with van der Waals surface area (Å²) in [6.07, 6.45) is 21.6. The van der Waals surface area contributed by atoms with Gasteiger partial charge in [-0.3, -0.25) is 4.79 Å². The molecule has 1 aliphatic rings. The lowest BCUT2D eigenvalue weighted by molar-refractivity contribution is -0.143. The molecule has 0 bridgehead atoms. The second-order valence-electron chi connectivity index (χ2n) is 7.45. The molecule has 0 saturated heterocycles. The second-order valence-corrected chi connectivity index (χ2v) is 7.45. The van der Waals surface area contributed by atoms with Gasteiger partial charge in [0.25, 0.3) is 0 Å². The van der Waals surface area contributed by atoms with Gasteiger partial charge >= 0.3 is 5.97 Å². The zero-order valence-electron chi connectivity index (χ0n) is 15.6. The Kier molecular flexibility index (Phi) is 13.4. The molecule has 0 amide bonds. The molecule has 1 saturated carbocycles. The lowest BCUT2D eigenvalue weighted by atomic mass is 9.86. The van der Waals surface area contributed by atoms with Crippen molar-refractivity contribution in [3.63, 3.8) is 0 Å². The summed E-state index contributed by atoms with van der Waals surface area (Å²) >= 11 is 0. The first-order chi connectivity index (χ1) is 11.3. The second kappa shape index (κ2) is 15.0. The van der Waals surface area contributed by atoms with Crippen LogP contribution in [-0.2, 0) is 9.53 Å². The summed E-state index contributed by atoms with van der Waals surface area (Å²) < 4.78 is 5.34. The molecule has 1 rings (SSSR count). The normalized spacial score (nSPS) is 15.7. The smallest absolute Gasteiger partial charge is 0.305 e. The topological polar surface area (TPSA) is 26.3 Å². The highest BCUT2D eigenvalue weighted by atomic mass is 16.5. The summed E-state index contributed by atoms with van der Waals surface area (Å²) in [7, 11) is 0. The van der Waals surface area contributed by atoms with Crippen LogP contribution < -0.4 is 0 Å². The third kappa shape index (κ3) is 12.5. The Balaban J connectivity index is 1.79. The van der Waals surface area contributed by atoms with Crippen molar-refractivity contribution in [2.24, 2.45) is 5.92 Å². The summed E-state index contributed by atoms with van der Waals surface area (Å²) in [5.74, 6) is 1.01. The van der Waals surface area contributed by atoms with Gasteiger partial charge < -0.3 is 4.74 Å². The molecule has 0 radical (unpaired) electrons. The molecule has 1 fully saturated rings. The lowest BCUT2D eigenvalue weighted by Crippen LogP contribution is -2.07. The van der Waals surface area contributed by atoms with Gasteiger partial charge in [-0.25, -0.2) is 0 Å². The van der Waals surface area contributed by atoms with Crippen LogP contribution in [0.1, 0.15) is 116 Å². The quantitative estimate of drug-likeness (QED) is 0.259. The molecule has 2 heteroatoms. The van der Waals surface area contributed by atoms with Crippen molar-refractivity contribution >= 4 is 5.97 Å². The van der Waals surface area contributed by atoms with E-state index in [1.54, 1.807) is 0 Å². The maximum Gasteiger partial charge on any atom is 0.305 e. The first kappa shape index (κ1) is 20.5. The number of ether oxygens (including phenoxy) is 1. The van der Waals surface area contributed by atoms with Gasteiger partial charge in [-0.2, -0.15) is 0 Å². The number of hydrogen-bond donors (Lipinski definition) is 0. The minimum absolute atomic E-state index is 0.0193. The monoisotopic (exact) mass is 324 g/mol. The number of carbonyl (C=O) groups excluding carboxylic acids is 1. The Morgan fingerprint density at radius 1 is 0.826 bits per heavy atom. The molecular formula is C21H40O2. The van der Waals surface area contributed by atoms with Gasteiger partial charge in [-0.1, -0.05) is 96.8 Å². The van der Waals surface area contributed by atoms with E-state index in [0.717, 1.165) is 18.8 Å². The minimum atomic E-state index is 0.0193. The molecular weight excluding hydrogens is 284 g/mol. The van der Waals surface area contributed by atoms with E-state index in [1.165, 1.54) is 89.9 Å². The molecule has 0 N–H and O–H groups in total. The van der Waals surface area contributed by atoms with Crippen LogP contribution in [0.25, 0.3) is 0 Å². The zero-order valence-corrected chi connectivity index (χ0v) is 15.6. The summed E-state index contributed by atoms with van der Waals surface area (Å²) in [5.41, 5.74) is 0. The minimum Gasteiger partial charge on any atom is -0.466 e. The van der Waals surface area contributed by atoms with Crippen LogP contribution in [0.4, 0.5) is 0 Å². The molecule has 2 nitrogen and oxygen atoms in total. The first-order valence-electron chi connectivity index (χ1n) is 10.5. The molecule has 0 atom stereocenters. The van der Waals surface area contributed by atoms with Crippen molar-refractivity contribution in [2.45, 2.75) is 116 Å². The third-order valence-electron chi connectivity index (χ3n) is 5.23. The average molecular weight is 325 g/mol. The number of esters is 1. The van der Waals surface area contributed by atoms with Crippen molar-refractivity contribution < 1.29 is 9.53 Å². The summed E-state index contributed by atoms with van der Waals surface area (Å²) in [6, 6.07) is 0. The summed E-state index contributed by atoms with van der Waals surface area (Å²) in [5, 5.41) is 0. The van der Waals surface area contributed by atoms with E-state index in [1.807, 2.05) is 0 Å². The SMILES string of the molecule is CCCCCCCCCC(=O)OCCCCCC1CCCCC1. The number of hydrogen-bond acceptors (Lipinski definition) is 2. The largest absolute Gasteiger partial charge is 0.466 e. The maximum atomic E-state index is 11.6. The Labute approximate surface area is 144 Å². The van der Waals surface area contributed by atoms with Gasteiger partial charge in [-0.15, -0.1) is 0 Å². The van der Waals surface area contributed by atoms with Gasteiger partial charge in [0.15, 0.2) is 0 Å². The highest BCUT2D eigenvalue weighted by Gasteiger charge is 2.12. The van der Waals surface area contributed by atoms with Gasteiger partial charge in [-0.05, 0) is 18.8 Å². The van der Waals surface area contributed by atoms with Crippen LogP contribution in [0.2, 0.25) is 0 Å². The van der Waals surface area contributed by atoms with E-state index in [2.05, 4.69) is 6.92 Å². The standard InChI is InChI=1S/C21H40O2/c1-2-3-4-5-6-7-13-18-21(22)23-19-14-9-12-17-20-15-10-8-11-16-20/h20H,2-19H2,1H3. The van der Waals surface area contributed by atoms with Crippen LogP contribution in [0, 0.1) is 5.92 Å². The molecule has 23 heavy (non-hydrogen) atoms. The van der Waals surface area contributed by atoms with Crippen molar-refractivity contribution in [3.8, 4) is 0 Å². The van der Waals surface area contributed by atoms with Gasteiger partial charge in [0.2, 0.25) is 0 Å². The fourth-order valence-electron chi connectivity index (χ4n) is 3.67. The Morgan fingerprint density at radius 2 is 1.48 bits per heavy atom. The van der Waals surface area contributed by atoms with E-state index in [9.17, 15) is 4.79 Å². The van der Waals surface area contributed by atoms with Crippen LogP contribution in [0.3, 0.4) is 0 Å². The van der Waals surface area contributed by atoms with E-state index in [4.69, 9.17) is 4.74 Å². The maximum absolute atomic E-state index is 11.6. The predicted molar refractivity (Wildman–Crippen MR) is 98.6 cm³/mol. The predicted octanol–water partition coefficient (Wildman–Crippen LogP) is 6.81. The average Bonchev–Trinajstić information content (AvgIpc) is 2.58. The Hall–Kier alpha value is -0.530. The fourth-order valence-corrected chi connectivity index (χ4v) is 3.67. The third-order valence-corrected chi connectivity index (χ3v) is 5.23. The first-order valence-corrected chi connectivity index (χ1v) is 10.5. The molecule has 0 aromatic carbocycles. The molecule has 0 aromatic rings. The fraction of sp³-hybridized carbons (Fsp3) is 0.952. The number of rotatable bonds is 14. The summed E-state index contributed by atoms with van der Waals surface area (Å²) in [6.45, 7) is 2.88. The van der Waals surface area contributed by atoms with E-state index in [-0.39, 0.29) is 5.97 Å². The van der Waals surface area contributed by atoms with E-state index >= 15 is 0 Å². The molecule has 0 unspecified atom stereocenters. The van der Waals surface area contributed by atoms with Gasteiger partial charge in [0.05, 0.1) is 6.61 Å². The van der Waals surface area contributed by atoms with Crippen LogP contribution >= 0.6 is 0 Å². The molecule has 0 aromatic heterocycles. The highest BCUT2D eigenvalue weighted by Crippen LogP contribution is 2.27. The Morgan fingerprint density at radius 3 is 2.22 bits per heavy atom. The van der Waals surface area contributed by atoms with Crippen molar-refractivity contribution in [2.75, 3.05) is 6.61 Å². The highest BCUT2D eigenvalue weighted by molar-refractivity contribution is 5.69. The van der Waals surface area contributed by atoms with E-state index < -0.39 is 0 Å². The number of unbranched alkanes of at least 4 members (excludes halogenated alkanes) is 8. The van der Waals surface area contributed by atoms with Crippen molar-refractivity contribution in [1.29, 1.82) is 0 Å². The van der Waals surface area contributed by atoms with Crippen LogP contribution in [0.15, 0.2) is 0 Å². The molecule has 0 aliphatic heterocycles. The van der Waals surface area contributed by atoms with Crippen molar-refractivity contribution in [3.05, 3.63) is 0 Å². The van der Waals surface area contributed by atoms with Crippen LogP contribution in [-0.4, -0.2) is 12.6 Å². The number of carbonyl (C=O) groups is 1. The molecule has 0 spiro atoms. The Bertz CT molecular complexity index is 269. The lowest BCUT2D eigenvalue weighted by Gasteiger charge is -2.21. The van der Waals surface area contributed by atoms with Crippen LogP contribution in [0.5, 0.6) is 0 Å². The summed E-state index contributed by atoms with van der Waals surface area (Å²) in [4.78, 5) is 11.6. The van der Waals surface area contributed by atoms with Gasteiger partial charge in [0, 0.05) is 6.42 Å². The molecule has 1 aliphatic carbocycles. The van der Waals surface area contributed by atoms with Gasteiger partial charge in [0.1, 0.15) is 0 Å². The van der Waals surface area contributed by atoms with Crippen molar-refractivity contribution in [1.82, 2.24) is 0 Å². The molecule has 0 heterocycles. The zero-order chi connectivity index (χ0) is 16.6. The molecule has 136 valence electrons. The van der Waals surface area contributed by atoms with E-state index in [0.29, 0.717) is 13.0 Å².